The molecule has 0 radical (unpaired) electrons. The first-order valence-electron chi connectivity index (χ1n) is 7.85. The predicted octanol–water partition coefficient (Wildman–Crippen LogP) is 3.52. The van der Waals surface area contributed by atoms with Crippen LogP contribution in [0.3, 0.4) is 0 Å². The van der Waals surface area contributed by atoms with Crippen molar-refractivity contribution in [3.05, 3.63) is 35.9 Å². The molecule has 5 nitrogen and oxygen atoms in total. The molecule has 1 amide bonds. The molecule has 1 heterocycles. The van der Waals surface area contributed by atoms with E-state index < -0.39 is 23.6 Å². The molecule has 0 unspecified atom stereocenters. The first-order valence-corrected chi connectivity index (χ1v) is 7.85. The number of nitrogens with zero attached hydrogens (tertiary/aromatic N) is 1. The molecule has 136 valence electrons. The van der Waals surface area contributed by atoms with Gasteiger partial charge in [0, 0.05) is 25.2 Å². The number of hydrogen-bond acceptors (Lipinski definition) is 3. The van der Waals surface area contributed by atoms with Gasteiger partial charge in [0.25, 0.3) is 0 Å². The van der Waals surface area contributed by atoms with Crippen LogP contribution in [0.1, 0.15) is 25.3 Å². The summed E-state index contributed by atoms with van der Waals surface area (Å²) in [4.78, 5) is 24.2. The predicted molar refractivity (Wildman–Crippen MR) is 87.5 cm³/mol. The fraction of sp³-hybridized carbons (Fsp3) is 0.412. The lowest BCUT2D eigenvalue weighted by Crippen LogP contribution is -2.33. The van der Waals surface area contributed by atoms with Crippen LogP contribution < -0.4 is 10.2 Å². The average Bonchev–Trinajstić information content (AvgIpc) is 2.53. The molecule has 25 heavy (non-hydrogen) atoms. The van der Waals surface area contributed by atoms with Crippen LogP contribution in [0.25, 0.3) is 0 Å². The van der Waals surface area contributed by atoms with E-state index in [4.69, 9.17) is 5.11 Å². The van der Waals surface area contributed by atoms with E-state index >= 15 is 0 Å². The summed E-state index contributed by atoms with van der Waals surface area (Å²) in [5, 5.41) is 10.9. The van der Waals surface area contributed by atoms with Gasteiger partial charge in [-0.05, 0) is 37.0 Å². The summed E-state index contributed by atoms with van der Waals surface area (Å²) in [5.74, 6) is -1.57. The minimum atomic E-state index is -4.54. The van der Waals surface area contributed by atoms with Crippen LogP contribution in [-0.4, -0.2) is 30.1 Å². The molecular formula is C17H19F3N2O3. The first kappa shape index (κ1) is 18.8. The molecule has 1 aromatic rings. The lowest BCUT2D eigenvalue weighted by atomic mass is 9.98. The Kier molecular flexibility index (Phi) is 5.71. The number of carboxylic acids is 1. The highest BCUT2D eigenvalue weighted by Gasteiger charge is 2.32. The van der Waals surface area contributed by atoms with Crippen molar-refractivity contribution in [1.29, 1.82) is 0 Å². The van der Waals surface area contributed by atoms with E-state index in [0.29, 0.717) is 30.8 Å². The molecule has 1 aliphatic rings. The quantitative estimate of drug-likeness (QED) is 0.810. The van der Waals surface area contributed by atoms with Gasteiger partial charge in [-0.3, -0.25) is 4.79 Å². The van der Waals surface area contributed by atoms with Crippen LogP contribution in [0.4, 0.5) is 24.5 Å². The summed E-state index contributed by atoms with van der Waals surface area (Å²) >= 11 is 0. The van der Waals surface area contributed by atoms with Crippen molar-refractivity contribution in [2.45, 2.75) is 25.9 Å². The highest BCUT2D eigenvalue weighted by Crippen LogP contribution is 2.36. The fourth-order valence-electron chi connectivity index (χ4n) is 2.66. The SMILES string of the molecule is CC1CCN(c2ccc(C(F)(F)F)cc2NC(=O)/C=C\C(=O)O)CC1. The second kappa shape index (κ2) is 7.58. The molecule has 1 fully saturated rings. The van der Waals surface area contributed by atoms with Crippen LogP contribution >= 0.6 is 0 Å². The first-order chi connectivity index (χ1) is 11.7. The third kappa shape index (κ3) is 5.23. The Morgan fingerprint density at radius 2 is 1.88 bits per heavy atom. The van der Waals surface area contributed by atoms with Crippen LogP contribution in [0, 0.1) is 5.92 Å². The Balaban J connectivity index is 2.31. The van der Waals surface area contributed by atoms with Crippen LogP contribution in [0.15, 0.2) is 30.4 Å². The van der Waals surface area contributed by atoms with Gasteiger partial charge in [0.1, 0.15) is 0 Å². The van der Waals surface area contributed by atoms with Crippen LogP contribution in [0.5, 0.6) is 0 Å². The Morgan fingerprint density at radius 1 is 1.24 bits per heavy atom. The smallest absolute Gasteiger partial charge is 0.416 e. The maximum Gasteiger partial charge on any atom is 0.416 e. The van der Waals surface area contributed by atoms with E-state index in [1.54, 1.807) is 0 Å². The van der Waals surface area contributed by atoms with Gasteiger partial charge in [0.2, 0.25) is 5.91 Å². The molecule has 2 rings (SSSR count). The Morgan fingerprint density at radius 3 is 2.44 bits per heavy atom. The maximum absolute atomic E-state index is 13.0. The standard InChI is InChI=1S/C17H19F3N2O3/c1-11-6-8-22(9-7-11)14-3-2-12(17(18,19)20)10-13(14)21-15(23)4-5-16(24)25/h2-5,10-11H,6-9H2,1H3,(H,21,23)(H,24,25)/b5-4-. The number of rotatable bonds is 4. The zero-order valence-corrected chi connectivity index (χ0v) is 13.6. The molecule has 8 heteroatoms. The summed E-state index contributed by atoms with van der Waals surface area (Å²) < 4.78 is 38.9. The number of halogens is 3. The number of carboxylic acid groups (broad SMARTS) is 1. The Bertz CT molecular complexity index is 678. The van der Waals surface area contributed by atoms with E-state index in [1.807, 2.05) is 4.90 Å². The summed E-state index contributed by atoms with van der Waals surface area (Å²) in [6.45, 7) is 3.48. The number of benzene rings is 1. The summed E-state index contributed by atoms with van der Waals surface area (Å²) in [5.41, 5.74) is -0.361. The molecule has 0 spiro atoms. The number of piperidine rings is 1. The van der Waals surface area contributed by atoms with Crippen molar-refractivity contribution in [3.63, 3.8) is 0 Å². The molecule has 0 bridgehead atoms. The van der Waals surface area contributed by atoms with E-state index in [1.165, 1.54) is 6.07 Å². The van der Waals surface area contributed by atoms with Gasteiger partial charge in [-0.1, -0.05) is 6.92 Å². The van der Waals surface area contributed by atoms with E-state index in [9.17, 15) is 22.8 Å². The molecular weight excluding hydrogens is 337 g/mol. The van der Waals surface area contributed by atoms with Crippen molar-refractivity contribution in [2.24, 2.45) is 5.92 Å². The number of anilines is 2. The molecule has 0 atom stereocenters. The largest absolute Gasteiger partial charge is 0.478 e. The zero-order chi connectivity index (χ0) is 18.6. The average molecular weight is 356 g/mol. The summed E-state index contributed by atoms with van der Waals surface area (Å²) in [6.07, 6.45) is -1.32. The lowest BCUT2D eigenvalue weighted by molar-refractivity contribution is -0.137. The lowest BCUT2D eigenvalue weighted by Gasteiger charge is -2.33. The molecule has 1 aromatic carbocycles. The third-order valence-electron chi connectivity index (χ3n) is 4.08. The topological polar surface area (TPSA) is 69.6 Å². The number of alkyl halides is 3. The zero-order valence-electron chi connectivity index (χ0n) is 13.6. The van der Waals surface area contributed by atoms with Crippen molar-refractivity contribution in [1.82, 2.24) is 0 Å². The van der Waals surface area contributed by atoms with Crippen molar-refractivity contribution in [2.75, 3.05) is 23.3 Å². The number of carbonyl (C=O) groups is 2. The highest BCUT2D eigenvalue weighted by atomic mass is 19.4. The number of hydrogen-bond donors (Lipinski definition) is 2. The van der Waals surface area contributed by atoms with E-state index in [0.717, 1.165) is 31.1 Å². The van der Waals surface area contributed by atoms with Gasteiger partial charge in [0.15, 0.2) is 0 Å². The van der Waals surface area contributed by atoms with Crippen LogP contribution in [0.2, 0.25) is 0 Å². The molecule has 0 saturated carbocycles. The molecule has 1 aliphatic heterocycles. The van der Waals surface area contributed by atoms with Gasteiger partial charge in [-0.15, -0.1) is 0 Å². The van der Waals surface area contributed by atoms with Gasteiger partial charge in [-0.25, -0.2) is 4.79 Å². The molecule has 2 N–H and O–H groups in total. The minimum Gasteiger partial charge on any atom is -0.478 e. The van der Waals surface area contributed by atoms with Gasteiger partial charge in [0.05, 0.1) is 16.9 Å². The normalized spacial score (nSPS) is 16.2. The number of amides is 1. The van der Waals surface area contributed by atoms with Gasteiger partial charge in [-0.2, -0.15) is 13.2 Å². The Hall–Kier alpha value is -2.51. The highest BCUT2D eigenvalue weighted by molar-refractivity contribution is 6.04. The number of aliphatic carboxylic acids is 1. The fourth-order valence-corrected chi connectivity index (χ4v) is 2.66. The minimum absolute atomic E-state index is 0.0180. The molecule has 0 aliphatic carbocycles. The van der Waals surface area contributed by atoms with Crippen LogP contribution in [-0.2, 0) is 15.8 Å². The van der Waals surface area contributed by atoms with Crippen molar-refractivity contribution >= 4 is 23.3 Å². The van der Waals surface area contributed by atoms with Crippen molar-refractivity contribution < 1.29 is 27.9 Å². The second-order valence-corrected chi connectivity index (χ2v) is 6.06. The van der Waals surface area contributed by atoms with Gasteiger partial charge < -0.3 is 15.3 Å². The maximum atomic E-state index is 13.0. The van der Waals surface area contributed by atoms with E-state index in [2.05, 4.69) is 12.2 Å². The Labute approximate surface area is 143 Å². The van der Waals surface area contributed by atoms with Gasteiger partial charge >= 0.3 is 12.1 Å². The van der Waals surface area contributed by atoms with E-state index in [-0.39, 0.29) is 5.69 Å². The second-order valence-electron chi connectivity index (χ2n) is 6.06. The van der Waals surface area contributed by atoms with Crippen molar-refractivity contribution in [3.8, 4) is 0 Å². The monoisotopic (exact) mass is 356 g/mol. The summed E-state index contributed by atoms with van der Waals surface area (Å²) in [6, 6.07) is 3.20. The third-order valence-corrected chi connectivity index (χ3v) is 4.08. The summed E-state index contributed by atoms with van der Waals surface area (Å²) in [7, 11) is 0. The molecule has 0 aromatic heterocycles. The number of nitrogens with one attached hydrogen (secondary N) is 1. The number of carbonyl (C=O) groups excluding carboxylic acids is 1. The molecule has 1 saturated heterocycles.